The van der Waals surface area contributed by atoms with Gasteiger partial charge < -0.3 is 5.73 Å². The van der Waals surface area contributed by atoms with Gasteiger partial charge in [0.05, 0.1) is 9.92 Å². The molecule has 3 aromatic rings. The standard InChI is InChI=1S/C15H14ClN3O2S/c1-9-3-4-12(6-14(9)17)22(20,21)19-8-10(2)13-5-11(16)7-18-15(13)19/h3-8H,17H2,1-2H3. The van der Waals surface area contributed by atoms with Crippen molar-refractivity contribution in [3.63, 3.8) is 0 Å². The SMILES string of the molecule is Cc1ccc(S(=O)(=O)n2cc(C)c3cc(Cl)cnc32)cc1N. The van der Waals surface area contributed by atoms with E-state index in [1.807, 2.05) is 13.8 Å². The number of pyridine rings is 1. The molecule has 0 aliphatic carbocycles. The summed E-state index contributed by atoms with van der Waals surface area (Å²) in [4.78, 5) is 4.28. The molecule has 2 N–H and O–H groups in total. The zero-order valence-electron chi connectivity index (χ0n) is 12.0. The molecule has 2 aromatic heterocycles. The third-order valence-electron chi connectivity index (χ3n) is 3.59. The lowest BCUT2D eigenvalue weighted by molar-refractivity contribution is 0.588. The van der Waals surface area contributed by atoms with E-state index in [0.29, 0.717) is 21.7 Å². The highest BCUT2D eigenvalue weighted by Crippen LogP contribution is 2.27. The molecular formula is C15H14ClN3O2S. The zero-order valence-corrected chi connectivity index (χ0v) is 13.6. The minimum Gasteiger partial charge on any atom is -0.398 e. The summed E-state index contributed by atoms with van der Waals surface area (Å²) in [6.07, 6.45) is 2.97. The molecule has 2 heterocycles. The van der Waals surface area contributed by atoms with E-state index < -0.39 is 10.0 Å². The van der Waals surface area contributed by atoms with E-state index in [-0.39, 0.29) is 4.90 Å². The summed E-state index contributed by atoms with van der Waals surface area (Å²) in [6.45, 7) is 3.64. The number of hydrogen-bond acceptors (Lipinski definition) is 4. The number of rotatable bonds is 2. The average molecular weight is 336 g/mol. The summed E-state index contributed by atoms with van der Waals surface area (Å²) in [6, 6.07) is 6.39. The van der Waals surface area contributed by atoms with Crippen LogP contribution in [-0.2, 0) is 10.0 Å². The van der Waals surface area contributed by atoms with Gasteiger partial charge in [0.1, 0.15) is 0 Å². The van der Waals surface area contributed by atoms with Crippen molar-refractivity contribution in [2.45, 2.75) is 18.7 Å². The second-order valence-electron chi connectivity index (χ2n) is 5.16. The normalized spacial score (nSPS) is 12.0. The molecule has 0 unspecified atom stereocenters. The molecule has 0 saturated heterocycles. The first-order valence-electron chi connectivity index (χ1n) is 6.55. The van der Waals surface area contributed by atoms with Gasteiger partial charge >= 0.3 is 0 Å². The monoisotopic (exact) mass is 335 g/mol. The first kappa shape index (κ1) is 14.9. The molecule has 5 nitrogen and oxygen atoms in total. The van der Waals surface area contributed by atoms with Crippen LogP contribution in [-0.4, -0.2) is 17.4 Å². The molecule has 0 fully saturated rings. The fourth-order valence-electron chi connectivity index (χ4n) is 2.28. The van der Waals surface area contributed by atoms with Gasteiger partial charge in [-0.1, -0.05) is 17.7 Å². The highest BCUT2D eigenvalue weighted by atomic mass is 35.5. The molecule has 0 saturated carbocycles. The fraction of sp³-hybridized carbons (Fsp3) is 0.133. The molecule has 0 aliphatic rings. The van der Waals surface area contributed by atoms with Gasteiger partial charge in [0, 0.05) is 23.5 Å². The van der Waals surface area contributed by atoms with E-state index in [1.165, 1.54) is 18.3 Å². The van der Waals surface area contributed by atoms with E-state index in [1.54, 1.807) is 18.3 Å². The van der Waals surface area contributed by atoms with Crippen LogP contribution in [0.15, 0.2) is 41.6 Å². The van der Waals surface area contributed by atoms with Gasteiger partial charge in [-0.25, -0.2) is 17.4 Å². The van der Waals surface area contributed by atoms with Crippen molar-refractivity contribution in [1.29, 1.82) is 0 Å². The highest BCUT2D eigenvalue weighted by Gasteiger charge is 2.21. The Morgan fingerprint density at radius 2 is 1.91 bits per heavy atom. The molecule has 1 aromatic carbocycles. The number of aromatic nitrogens is 2. The molecule has 0 radical (unpaired) electrons. The van der Waals surface area contributed by atoms with Gasteiger partial charge in [0.15, 0.2) is 5.65 Å². The molecule has 0 atom stereocenters. The Hall–Kier alpha value is -2.05. The number of benzene rings is 1. The third kappa shape index (κ3) is 2.24. The van der Waals surface area contributed by atoms with Crippen molar-refractivity contribution in [2.24, 2.45) is 0 Å². The highest BCUT2D eigenvalue weighted by molar-refractivity contribution is 7.90. The van der Waals surface area contributed by atoms with Crippen LogP contribution in [0.25, 0.3) is 11.0 Å². The van der Waals surface area contributed by atoms with Crippen LogP contribution in [0.1, 0.15) is 11.1 Å². The van der Waals surface area contributed by atoms with Crippen molar-refractivity contribution in [3.8, 4) is 0 Å². The van der Waals surface area contributed by atoms with Gasteiger partial charge in [-0.2, -0.15) is 0 Å². The predicted octanol–water partition coefficient (Wildman–Crippen LogP) is 3.13. The number of halogens is 1. The van der Waals surface area contributed by atoms with Gasteiger partial charge in [-0.3, -0.25) is 0 Å². The average Bonchev–Trinajstić information content (AvgIpc) is 2.79. The molecule has 0 spiro atoms. The second kappa shape index (κ2) is 5.00. The second-order valence-corrected chi connectivity index (χ2v) is 7.41. The number of nitrogens with zero attached hydrogens (tertiary/aromatic N) is 2. The Kier molecular flexibility index (Phi) is 3.38. The minimum absolute atomic E-state index is 0.129. The lowest BCUT2D eigenvalue weighted by atomic mass is 10.2. The van der Waals surface area contributed by atoms with Crippen LogP contribution in [0, 0.1) is 13.8 Å². The molecular weight excluding hydrogens is 322 g/mol. The van der Waals surface area contributed by atoms with Crippen LogP contribution in [0.5, 0.6) is 0 Å². The predicted molar refractivity (Wildman–Crippen MR) is 87.7 cm³/mol. The summed E-state index contributed by atoms with van der Waals surface area (Å²) in [5, 5.41) is 1.17. The molecule has 114 valence electrons. The van der Waals surface area contributed by atoms with E-state index in [0.717, 1.165) is 15.1 Å². The number of anilines is 1. The van der Waals surface area contributed by atoms with Gasteiger partial charge in [0.25, 0.3) is 10.0 Å². The van der Waals surface area contributed by atoms with E-state index in [2.05, 4.69) is 4.98 Å². The zero-order chi connectivity index (χ0) is 16.1. The van der Waals surface area contributed by atoms with Crippen molar-refractivity contribution in [3.05, 3.63) is 52.8 Å². The molecule has 0 bridgehead atoms. The van der Waals surface area contributed by atoms with E-state index >= 15 is 0 Å². The van der Waals surface area contributed by atoms with Crippen molar-refractivity contribution in [1.82, 2.24) is 8.96 Å². The Morgan fingerprint density at radius 1 is 1.18 bits per heavy atom. The number of fused-ring (bicyclic) bond motifs is 1. The number of nitrogen functional groups attached to an aromatic ring is 1. The summed E-state index contributed by atoms with van der Waals surface area (Å²) in [5.41, 5.74) is 8.23. The van der Waals surface area contributed by atoms with Crippen LogP contribution >= 0.6 is 11.6 Å². The minimum atomic E-state index is -3.77. The Morgan fingerprint density at radius 3 is 2.59 bits per heavy atom. The molecule has 0 aliphatic heterocycles. The summed E-state index contributed by atoms with van der Waals surface area (Å²) >= 11 is 5.93. The lowest BCUT2D eigenvalue weighted by Crippen LogP contribution is -2.13. The smallest absolute Gasteiger partial charge is 0.269 e. The summed E-state index contributed by atoms with van der Waals surface area (Å²) < 4.78 is 26.9. The maximum atomic E-state index is 12.8. The number of aryl methyl sites for hydroxylation is 2. The Bertz CT molecular complexity index is 993. The number of hydrogen-bond donors (Lipinski definition) is 1. The van der Waals surface area contributed by atoms with Crippen LogP contribution in [0.3, 0.4) is 0 Å². The maximum absolute atomic E-state index is 12.8. The largest absolute Gasteiger partial charge is 0.398 e. The van der Waals surface area contributed by atoms with Crippen molar-refractivity contribution < 1.29 is 8.42 Å². The topological polar surface area (TPSA) is 78.0 Å². The van der Waals surface area contributed by atoms with Gasteiger partial charge in [-0.05, 0) is 43.2 Å². The fourth-order valence-corrected chi connectivity index (χ4v) is 3.85. The quantitative estimate of drug-likeness (QED) is 0.730. The molecule has 7 heteroatoms. The van der Waals surface area contributed by atoms with Crippen LogP contribution in [0.2, 0.25) is 5.02 Å². The number of nitrogens with two attached hydrogens (primary N) is 1. The summed E-state index contributed by atoms with van der Waals surface area (Å²) in [5.74, 6) is 0. The maximum Gasteiger partial charge on any atom is 0.269 e. The first-order chi connectivity index (χ1) is 10.3. The molecule has 22 heavy (non-hydrogen) atoms. The van der Waals surface area contributed by atoms with Crippen LogP contribution < -0.4 is 5.73 Å². The van der Waals surface area contributed by atoms with Gasteiger partial charge in [0.2, 0.25) is 0 Å². The first-order valence-corrected chi connectivity index (χ1v) is 8.37. The van der Waals surface area contributed by atoms with Gasteiger partial charge in [-0.15, -0.1) is 0 Å². The van der Waals surface area contributed by atoms with Crippen molar-refractivity contribution >= 4 is 38.3 Å². The molecule has 3 rings (SSSR count). The van der Waals surface area contributed by atoms with Crippen molar-refractivity contribution in [2.75, 3.05) is 5.73 Å². The Labute approximate surface area is 133 Å². The van der Waals surface area contributed by atoms with Crippen LogP contribution in [0.4, 0.5) is 5.69 Å². The van der Waals surface area contributed by atoms with E-state index in [4.69, 9.17) is 17.3 Å². The Balaban J connectivity index is 2.27. The molecule has 0 amide bonds. The summed E-state index contributed by atoms with van der Waals surface area (Å²) in [7, 11) is -3.77. The third-order valence-corrected chi connectivity index (χ3v) is 5.44. The lowest BCUT2D eigenvalue weighted by Gasteiger charge is -2.09. The van der Waals surface area contributed by atoms with E-state index in [9.17, 15) is 8.42 Å².